The van der Waals surface area contributed by atoms with Crippen molar-refractivity contribution >= 4 is 33.5 Å². The van der Waals surface area contributed by atoms with Gasteiger partial charge in [-0.15, -0.1) is 0 Å². The molecule has 0 unspecified atom stereocenters. The minimum Gasteiger partial charge on any atom is -0.481 e. The van der Waals surface area contributed by atoms with Crippen LogP contribution < -0.4 is 0 Å². The molecule has 0 saturated heterocycles. The standard InChI is InChI=1S/C26H18O4/c27-25(28)23-21-18-12-10-14-6-2-4-8-16(14)20(18)22(24(23)26(29)30)17-11-9-13-5-1-3-7-15(13)19(17)21/h1-12,21-24H,(H,27,28)(H,29,30)/t21-,22-,23-,24+/m1/s1. The van der Waals surface area contributed by atoms with Crippen molar-refractivity contribution in [3.8, 4) is 0 Å². The molecule has 4 heteroatoms. The third-order valence-corrected chi connectivity index (χ3v) is 6.98. The quantitative estimate of drug-likeness (QED) is 0.503. The minimum absolute atomic E-state index is 0.491. The second-order valence-corrected chi connectivity index (χ2v) is 8.26. The molecule has 4 aromatic carbocycles. The third kappa shape index (κ3) is 2.05. The third-order valence-electron chi connectivity index (χ3n) is 6.98. The van der Waals surface area contributed by atoms with E-state index < -0.39 is 35.6 Å². The number of carbonyl (C=O) groups is 2. The van der Waals surface area contributed by atoms with Crippen molar-refractivity contribution in [1.29, 1.82) is 0 Å². The average Bonchev–Trinajstić information content (AvgIpc) is 2.77. The van der Waals surface area contributed by atoms with Crippen LogP contribution in [0, 0.1) is 11.8 Å². The maximum absolute atomic E-state index is 12.4. The van der Waals surface area contributed by atoms with Gasteiger partial charge < -0.3 is 10.2 Å². The molecule has 0 amide bonds. The molecule has 2 bridgehead atoms. The molecule has 0 heterocycles. The van der Waals surface area contributed by atoms with E-state index >= 15 is 0 Å². The lowest BCUT2D eigenvalue weighted by molar-refractivity contribution is -0.156. The number of hydrogen-bond acceptors (Lipinski definition) is 2. The number of carboxylic acids is 2. The largest absolute Gasteiger partial charge is 0.481 e. The van der Waals surface area contributed by atoms with Crippen LogP contribution in [0.5, 0.6) is 0 Å². The summed E-state index contributed by atoms with van der Waals surface area (Å²) in [6.45, 7) is 0. The van der Waals surface area contributed by atoms with E-state index in [2.05, 4.69) is 0 Å². The van der Waals surface area contributed by atoms with Crippen LogP contribution in [-0.4, -0.2) is 22.2 Å². The molecule has 0 aliphatic heterocycles. The monoisotopic (exact) mass is 394 g/mol. The van der Waals surface area contributed by atoms with Crippen LogP contribution in [0.2, 0.25) is 0 Å². The number of carboxylic acid groups (broad SMARTS) is 2. The zero-order chi connectivity index (χ0) is 20.6. The predicted octanol–water partition coefficient (Wildman–Crippen LogP) is 4.99. The summed E-state index contributed by atoms with van der Waals surface area (Å²) in [6, 6.07) is 24.0. The van der Waals surface area contributed by atoms with Crippen molar-refractivity contribution in [2.45, 2.75) is 11.8 Å². The Bertz CT molecular complexity index is 1280. The summed E-state index contributed by atoms with van der Waals surface area (Å²) in [6.07, 6.45) is 0. The van der Waals surface area contributed by atoms with E-state index in [0.29, 0.717) is 0 Å². The molecule has 7 rings (SSSR count). The Kier molecular flexibility index (Phi) is 3.40. The summed E-state index contributed by atoms with van der Waals surface area (Å²) >= 11 is 0. The molecule has 4 aromatic rings. The van der Waals surface area contributed by atoms with E-state index in [1.54, 1.807) is 0 Å². The summed E-state index contributed by atoms with van der Waals surface area (Å²) in [7, 11) is 0. The first kappa shape index (κ1) is 17.2. The Morgan fingerprint density at radius 3 is 1.37 bits per heavy atom. The normalized spacial score (nSPS) is 23.9. The summed E-state index contributed by atoms with van der Waals surface area (Å²) < 4.78 is 0. The van der Waals surface area contributed by atoms with Crippen LogP contribution in [0.1, 0.15) is 34.1 Å². The summed E-state index contributed by atoms with van der Waals surface area (Å²) in [4.78, 5) is 24.8. The fraction of sp³-hybridized carbons (Fsp3) is 0.154. The Labute approximate surface area is 172 Å². The van der Waals surface area contributed by atoms with Crippen molar-refractivity contribution in [3.05, 3.63) is 95.1 Å². The highest BCUT2D eigenvalue weighted by Gasteiger charge is 2.56. The molecule has 2 N–H and O–H groups in total. The van der Waals surface area contributed by atoms with Crippen molar-refractivity contribution in [3.63, 3.8) is 0 Å². The zero-order valence-electron chi connectivity index (χ0n) is 15.9. The van der Waals surface area contributed by atoms with E-state index in [4.69, 9.17) is 0 Å². The predicted molar refractivity (Wildman–Crippen MR) is 114 cm³/mol. The molecule has 0 radical (unpaired) electrons. The van der Waals surface area contributed by atoms with Crippen LogP contribution in [-0.2, 0) is 9.59 Å². The first-order chi connectivity index (χ1) is 14.6. The van der Waals surface area contributed by atoms with E-state index in [1.807, 2.05) is 72.8 Å². The number of aliphatic carboxylic acids is 2. The number of fused-ring (bicyclic) bond motifs is 3. The van der Waals surface area contributed by atoms with Crippen LogP contribution in [0.4, 0.5) is 0 Å². The van der Waals surface area contributed by atoms with Crippen molar-refractivity contribution in [2.24, 2.45) is 11.8 Å². The molecule has 4 nitrogen and oxygen atoms in total. The van der Waals surface area contributed by atoms with Crippen molar-refractivity contribution in [2.75, 3.05) is 0 Å². The summed E-state index contributed by atoms with van der Waals surface area (Å²) in [5.74, 6) is -5.08. The van der Waals surface area contributed by atoms with Gasteiger partial charge in [0.15, 0.2) is 0 Å². The van der Waals surface area contributed by atoms with Crippen LogP contribution in [0.15, 0.2) is 72.8 Å². The SMILES string of the molecule is O=C(O)[C@@H]1[C@@H]2c3ccc4ccccc4c3[C@@H](c3ccc4ccccc4c32)[C@@H]1C(=O)O. The molecule has 3 aliphatic carbocycles. The van der Waals surface area contributed by atoms with E-state index in [-0.39, 0.29) is 0 Å². The van der Waals surface area contributed by atoms with E-state index in [1.165, 1.54) is 0 Å². The molecule has 4 atom stereocenters. The average molecular weight is 394 g/mol. The lowest BCUT2D eigenvalue weighted by Crippen LogP contribution is -2.47. The fourth-order valence-electron chi connectivity index (χ4n) is 5.93. The molecule has 30 heavy (non-hydrogen) atoms. The highest BCUT2D eigenvalue weighted by molar-refractivity contribution is 5.97. The van der Waals surface area contributed by atoms with Gasteiger partial charge in [0.2, 0.25) is 0 Å². The smallest absolute Gasteiger partial charge is 0.308 e. The molecule has 0 aromatic heterocycles. The zero-order valence-corrected chi connectivity index (χ0v) is 15.9. The van der Waals surface area contributed by atoms with Gasteiger partial charge in [0.1, 0.15) is 0 Å². The van der Waals surface area contributed by atoms with Gasteiger partial charge >= 0.3 is 11.9 Å². The lowest BCUT2D eigenvalue weighted by Gasteiger charge is -2.48. The van der Waals surface area contributed by atoms with E-state index in [0.717, 1.165) is 43.8 Å². The maximum atomic E-state index is 12.4. The Morgan fingerprint density at radius 1 is 0.567 bits per heavy atom. The summed E-state index contributed by atoms with van der Waals surface area (Å²) in [5, 5.41) is 24.4. The van der Waals surface area contributed by atoms with Crippen LogP contribution in [0.3, 0.4) is 0 Å². The van der Waals surface area contributed by atoms with Crippen LogP contribution in [0.25, 0.3) is 21.5 Å². The molecular weight excluding hydrogens is 376 g/mol. The molecule has 0 fully saturated rings. The van der Waals surface area contributed by atoms with Crippen molar-refractivity contribution < 1.29 is 19.8 Å². The minimum atomic E-state index is -1.05. The second-order valence-electron chi connectivity index (χ2n) is 8.26. The van der Waals surface area contributed by atoms with E-state index in [9.17, 15) is 19.8 Å². The summed E-state index contributed by atoms with van der Waals surface area (Å²) in [5.41, 5.74) is 3.86. The number of hydrogen-bond donors (Lipinski definition) is 2. The van der Waals surface area contributed by atoms with Gasteiger partial charge in [-0.05, 0) is 43.8 Å². The van der Waals surface area contributed by atoms with Gasteiger partial charge in [-0.3, -0.25) is 9.59 Å². The second kappa shape index (κ2) is 5.92. The Hall–Kier alpha value is -3.66. The highest BCUT2D eigenvalue weighted by Crippen LogP contribution is 2.61. The lowest BCUT2D eigenvalue weighted by atomic mass is 9.53. The molecule has 3 aliphatic rings. The van der Waals surface area contributed by atoms with Gasteiger partial charge in [-0.1, -0.05) is 72.8 Å². The van der Waals surface area contributed by atoms with Gasteiger partial charge in [0, 0.05) is 11.8 Å². The Morgan fingerprint density at radius 2 is 0.967 bits per heavy atom. The highest BCUT2D eigenvalue weighted by atomic mass is 16.4. The number of rotatable bonds is 2. The molecule has 146 valence electrons. The van der Waals surface area contributed by atoms with Gasteiger partial charge in [0.25, 0.3) is 0 Å². The van der Waals surface area contributed by atoms with Gasteiger partial charge in [0.05, 0.1) is 11.8 Å². The topological polar surface area (TPSA) is 74.6 Å². The maximum Gasteiger partial charge on any atom is 0.308 e. The first-order valence-corrected chi connectivity index (χ1v) is 10.1. The first-order valence-electron chi connectivity index (χ1n) is 10.1. The van der Waals surface area contributed by atoms with Gasteiger partial charge in [-0.2, -0.15) is 0 Å². The molecule has 0 spiro atoms. The van der Waals surface area contributed by atoms with Crippen LogP contribution >= 0.6 is 0 Å². The fourth-order valence-corrected chi connectivity index (χ4v) is 5.93. The Balaban J connectivity index is 1.79. The molecular formula is C26H18O4. The number of benzene rings is 4. The van der Waals surface area contributed by atoms with Crippen molar-refractivity contribution in [1.82, 2.24) is 0 Å². The van der Waals surface area contributed by atoms with Gasteiger partial charge in [-0.25, -0.2) is 0 Å². The molecule has 0 saturated carbocycles.